The summed E-state index contributed by atoms with van der Waals surface area (Å²) in [6.45, 7) is 6.55. The van der Waals surface area contributed by atoms with Crippen molar-refractivity contribution in [3.05, 3.63) is 47.3 Å². The van der Waals surface area contributed by atoms with Crippen LogP contribution >= 0.6 is 0 Å². The summed E-state index contributed by atoms with van der Waals surface area (Å²) in [6, 6.07) is 9.22. The van der Waals surface area contributed by atoms with Crippen LogP contribution in [0.3, 0.4) is 0 Å². The molecule has 0 saturated carbocycles. The number of anilines is 1. The molecule has 1 heterocycles. The Morgan fingerprint density at radius 1 is 1.20 bits per heavy atom. The van der Waals surface area contributed by atoms with Gasteiger partial charge in [0.1, 0.15) is 0 Å². The second kappa shape index (κ2) is 6.60. The Morgan fingerprint density at radius 3 is 2.50 bits per heavy atom. The van der Waals surface area contributed by atoms with Gasteiger partial charge in [0.25, 0.3) is 0 Å². The van der Waals surface area contributed by atoms with Gasteiger partial charge in [-0.2, -0.15) is 5.10 Å². The van der Waals surface area contributed by atoms with E-state index in [4.69, 9.17) is 0 Å². The summed E-state index contributed by atoms with van der Waals surface area (Å²) >= 11 is 0. The summed E-state index contributed by atoms with van der Waals surface area (Å²) in [7, 11) is 1.97. The number of hydrogen-bond donors (Lipinski definition) is 1. The molecular weight excluding hydrogens is 246 g/mol. The molecule has 0 radical (unpaired) electrons. The molecule has 1 atom stereocenters. The molecule has 0 saturated heterocycles. The van der Waals surface area contributed by atoms with Crippen molar-refractivity contribution >= 4 is 5.69 Å². The summed E-state index contributed by atoms with van der Waals surface area (Å²) < 4.78 is 1.87. The van der Waals surface area contributed by atoms with Gasteiger partial charge < -0.3 is 5.32 Å². The van der Waals surface area contributed by atoms with Crippen molar-refractivity contribution < 1.29 is 0 Å². The van der Waals surface area contributed by atoms with Crippen LogP contribution in [-0.2, 0) is 19.9 Å². The molecule has 0 aliphatic heterocycles. The minimum atomic E-state index is 0.292. The van der Waals surface area contributed by atoms with E-state index in [0.29, 0.717) is 6.04 Å². The average Bonchev–Trinajstić information content (AvgIpc) is 2.80. The number of hydrogen-bond acceptors (Lipinski definition) is 2. The summed E-state index contributed by atoms with van der Waals surface area (Å²) in [5.41, 5.74) is 5.00. The first-order chi connectivity index (χ1) is 9.63. The van der Waals surface area contributed by atoms with Gasteiger partial charge in [-0.3, -0.25) is 4.68 Å². The number of benzene rings is 1. The standard InChI is InChI=1S/C17H25N3/c1-5-7-14-8-10-15(11-9-14)13(3)18-17-12-20(4)19-16(17)6-2/h8-13,18H,5-7H2,1-4H3. The first kappa shape index (κ1) is 14.6. The lowest BCUT2D eigenvalue weighted by molar-refractivity contribution is 0.746. The number of aryl methyl sites for hydroxylation is 3. The van der Waals surface area contributed by atoms with Crippen LogP contribution in [0.1, 0.15) is 50.1 Å². The Balaban J connectivity index is 2.08. The third-order valence-electron chi connectivity index (χ3n) is 3.63. The molecule has 0 aliphatic rings. The largest absolute Gasteiger partial charge is 0.376 e. The fraction of sp³-hybridized carbons (Fsp3) is 0.471. The quantitative estimate of drug-likeness (QED) is 0.857. The van der Waals surface area contributed by atoms with Crippen LogP contribution in [0.4, 0.5) is 5.69 Å². The number of aromatic nitrogens is 2. The first-order valence-corrected chi connectivity index (χ1v) is 7.52. The van der Waals surface area contributed by atoms with Crippen LogP contribution in [0.5, 0.6) is 0 Å². The third kappa shape index (κ3) is 3.41. The predicted molar refractivity (Wildman–Crippen MR) is 85.1 cm³/mol. The van der Waals surface area contributed by atoms with Crippen LogP contribution in [0.15, 0.2) is 30.5 Å². The molecule has 1 aromatic heterocycles. The monoisotopic (exact) mass is 271 g/mol. The molecule has 1 N–H and O–H groups in total. The van der Waals surface area contributed by atoms with Crippen molar-refractivity contribution in [3.8, 4) is 0 Å². The maximum absolute atomic E-state index is 4.47. The zero-order valence-electron chi connectivity index (χ0n) is 13.0. The van der Waals surface area contributed by atoms with Crippen molar-refractivity contribution in [1.82, 2.24) is 9.78 Å². The fourth-order valence-electron chi connectivity index (χ4n) is 2.49. The Kier molecular flexibility index (Phi) is 4.83. The Labute approximate surface area is 122 Å². The summed E-state index contributed by atoms with van der Waals surface area (Å²) in [6.07, 6.45) is 5.36. The normalized spacial score (nSPS) is 12.4. The summed E-state index contributed by atoms with van der Waals surface area (Å²) in [5.74, 6) is 0. The predicted octanol–water partition coefficient (Wildman–Crippen LogP) is 4.11. The molecule has 2 aromatic rings. The van der Waals surface area contributed by atoms with Gasteiger partial charge in [-0.1, -0.05) is 44.5 Å². The fourth-order valence-corrected chi connectivity index (χ4v) is 2.49. The number of nitrogens with zero attached hydrogens (tertiary/aromatic N) is 2. The molecule has 0 amide bonds. The maximum atomic E-state index is 4.47. The lowest BCUT2D eigenvalue weighted by Crippen LogP contribution is -2.07. The van der Waals surface area contributed by atoms with Gasteiger partial charge in [0.15, 0.2) is 0 Å². The lowest BCUT2D eigenvalue weighted by Gasteiger charge is -2.15. The van der Waals surface area contributed by atoms with Gasteiger partial charge in [0.2, 0.25) is 0 Å². The SMILES string of the molecule is CCCc1ccc(C(C)Nc2cn(C)nc2CC)cc1. The molecule has 20 heavy (non-hydrogen) atoms. The zero-order valence-corrected chi connectivity index (χ0v) is 13.0. The Hall–Kier alpha value is -1.77. The van der Waals surface area contributed by atoms with Gasteiger partial charge in [-0.05, 0) is 30.9 Å². The average molecular weight is 271 g/mol. The van der Waals surface area contributed by atoms with E-state index in [9.17, 15) is 0 Å². The summed E-state index contributed by atoms with van der Waals surface area (Å²) in [4.78, 5) is 0. The highest BCUT2D eigenvalue weighted by molar-refractivity contribution is 5.48. The molecule has 0 fully saturated rings. The van der Waals surface area contributed by atoms with Gasteiger partial charge in [0.05, 0.1) is 11.4 Å². The van der Waals surface area contributed by atoms with Crippen molar-refractivity contribution in [2.45, 2.75) is 46.1 Å². The van der Waals surface area contributed by atoms with Crippen molar-refractivity contribution in [2.75, 3.05) is 5.32 Å². The highest BCUT2D eigenvalue weighted by atomic mass is 15.3. The van der Waals surface area contributed by atoms with Gasteiger partial charge in [0, 0.05) is 19.3 Å². The third-order valence-corrected chi connectivity index (χ3v) is 3.63. The molecule has 0 spiro atoms. The zero-order chi connectivity index (χ0) is 14.5. The van der Waals surface area contributed by atoms with E-state index in [1.807, 2.05) is 11.7 Å². The highest BCUT2D eigenvalue weighted by Crippen LogP contribution is 2.22. The molecule has 3 heteroatoms. The van der Waals surface area contributed by atoms with E-state index in [0.717, 1.165) is 24.2 Å². The summed E-state index contributed by atoms with van der Waals surface area (Å²) in [5, 5.41) is 8.04. The minimum Gasteiger partial charge on any atom is -0.376 e. The van der Waals surface area contributed by atoms with E-state index < -0.39 is 0 Å². The Bertz CT molecular complexity index is 540. The van der Waals surface area contributed by atoms with Crippen molar-refractivity contribution in [1.29, 1.82) is 0 Å². The van der Waals surface area contributed by atoms with Crippen LogP contribution < -0.4 is 5.32 Å². The molecular formula is C17H25N3. The number of rotatable bonds is 6. The molecule has 1 unspecified atom stereocenters. The lowest BCUT2D eigenvalue weighted by atomic mass is 10.0. The van der Waals surface area contributed by atoms with Crippen LogP contribution in [0.25, 0.3) is 0 Å². The van der Waals surface area contributed by atoms with Crippen LogP contribution in [0.2, 0.25) is 0 Å². The minimum absolute atomic E-state index is 0.292. The van der Waals surface area contributed by atoms with Crippen molar-refractivity contribution in [2.24, 2.45) is 7.05 Å². The molecule has 3 nitrogen and oxygen atoms in total. The highest BCUT2D eigenvalue weighted by Gasteiger charge is 2.10. The van der Waals surface area contributed by atoms with E-state index >= 15 is 0 Å². The first-order valence-electron chi connectivity index (χ1n) is 7.52. The van der Waals surface area contributed by atoms with Crippen molar-refractivity contribution in [3.63, 3.8) is 0 Å². The molecule has 2 rings (SSSR count). The number of nitrogens with one attached hydrogen (secondary N) is 1. The molecule has 108 valence electrons. The van der Waals surface area contributed by atoms with Gasteiger partial charge >= 0.3 is 0 Å². The molecule has 1 aromatic carbocycles. The smallest absolute Gasteiger partial charge is 0.0853 e. The molecule has 0 aliphatic carbocycles. The van der Waals surface area contributed by atoms with E-state index in [2.05, 4.69) is 61.6 Å². The topological polar surface area (TPSA) is 29.9 Å². The Morgan fingerprint density at radius 2 is 1.90 bits per heavy atom. The van der Waals surface area contributed by atoms with Gasteiger partial charge in [-0.15, -0.1) is 0 Å². The van der Waals surface area contributed by atoms with E-state index in [1.54, 1.807) is 0 Å². The second-order valence-electron chi connectivity index (χ2n) is 5.37. The van der Waals surface area contributed by atoms with Gasteiger partial charge in [-0.25, -0.2) is 0 Å². The molecule has 0 bridgehead atoms. The second-order valence-corrected chi connectivity index (χ2v) is 5.37. The van der Waals surface area contributed by atoms with Crippen LogP contribution in [-0.4, -0.2) is 9.78 Å². The van der Waals surface area contributed by atoms with E-state index in [-0.39, 0.29) is 0 Å². The van der Waals surface area contributed by atoms with E-state index in [1.165, 1.54) is 17.5 Å². The maximum Gasteiger partial charge on any atom is 0.0853 e. The van der Waals surface area contributed by atoms with Crippen LogP contribution in [0, 0.1) is 0 Å².